The molecule has 6 nitrogen and oxygen atoms in total. The van der Waals surface area contributed by atoms with Crippen molar-refractivity contribution in [3.05, 3.63) is 26.6 Å². The lowest BCUT2D eigenvalue weighted by Crippen LogP contribution is -2.69. The quantitative estimate of drug-likeness (QED) is 0.775. The molecule has 4 heterocycles. The van der Waals surface area contributed by atoms with E-state index >= 15 is 0 Å². The normalized spacial score (nSPS) is 34.5. The topological polar surface area (TPSA) is 61.7 Å². The van der Waals surface area contributed by atoms with Gasteiger partial charge in [0.2, 0.25) is 5.43 Å². The van der Waals surface area contributed by atoms with Gasteiger partial charge in [-0.3, -0.25) is 4.79 Å². The molecule has 7 heteroatoms. The lowest BCUT2D eigenvalue weighted by molar-refractivity contribution is -0.530. The van der Waals surface area contributed by atoms with Gasteiger partial charge >= 0.3 is 0 Å². The zero-order valence-electron chi connectivity index (χ0n) is 11.0. The van der Waals surface area contributed by atoms with Gasteiger partial charge in [0.05, 0.1) is 17.6 Å². The van der Waals surface area contributed by atoms with Gasteiger partial charge in [-0.05, 0) is 35.3 Å². The molecule has 3 aliphatic rings. The van der Waals surface area contributed by atoms with Crippen LogP contribution >= 0.6 is 15.9 Å². The van der Waals surface area contributed by atoms with E-state index < -0.39 is 0 Å². The monoisotopic (exact) mass is 342 g/mol. The van der Waals surface area contributed by atoms with E-state index in [1.54, 1.807) is 0 Å². The van der Waals surface area contributed by atoms with Crippen LogP contribution in [0.2, 0.25) is 0 Å². The van der Waals surface area contributed by atoms with Gasteiger partial charge in [-0.15, -0.1) is 0 Å². The van der Waals surface area contributed by atoms with Gasteiger partial charge in [0.25, 0.3) is 0 Å². The fourth-order valence-electron chi connectivity index (χ4n) is 3.55. The van der Waals surface area contributed by atoms with Crippen LogP contribution in [-0.2, 0) is 16.3 Å². The third-order valence-corrected chi connectivity index (χ3v) is 5.10. The van der Waals surface area contributed by atoms with E-state index in [1.807, 2.05) is 10.8 Å². The van der Waals surface area contributed by atoms with Crippen molar-refractivity contribution in [2.24, 2.45) is 0 Å². The van der Waals surface area contributed by atoms with E-state index in [1.165, 1.54) is 7.11 Å². The number of nitrogens with zero attached hydrogens (tertiary/aromatic N) is 1. The Morgan fingerprint density at radius 3 is 3.15 bits per heavy atom. The molecule has 1 spiro atoms. The zero-order valence-corrected chi connectivity index (χ0v) is 12.6. The lowest BCUT2D eigenvalue weighted by Gasteiger charge is -2.56. The van der Waals surface area contributed by atoms with Crippen LogP contribution in [-0.4, -0.2) is 29.9 Å². The Hall–Kier alpha value is -0.890. The molecule has 0 saturated carbocycles. The molecule has 4 rings (SSSR count). The van der Waals surface area contributed by atoms with Crippen molar-refractivity contribution >= 4 is 15.9 Å². The van der Waals surface area contributed by atoms with Crippen LogP contribution in [0.15, 0.2) is 15.5 Å². The number of pyridine rings is 1. The molecule has 108 valence electrons. The third-order valence-electron chi connectivity index (χ3n) is 4.53. The predicted molar refractivity (Wildman–Crippen MR) is 73.6 cm³/mol. The number of piperidine rings is 1. The van der Waals surface area contributed by atoms with Crippen LogP contribution in [0, 0.1) is 0 Å². The molecule has 0 amide bonds. The molecule has 2 fully saturated rings. The van der Waals surface area contributed by atoms with Gasteiger partial charge in [-0.2, -0.15) is 0 Å². The summed E-state index contributed by atoms with van der Waals surface area (Å²) in [6, 6.07) is 0.196. The van der Waals surface area contributed by atoms with E-state index in [2.05, 4.69) is 21.2 Å². The molecular weight excluding hydrogens is 328 g/mol. The van der Waals surface area contributed by atoms with Gasteiger partial charge in [0.15, 0.2) is 17.5 Å². The molecular formula is C13H15BrN2O4. The Bertz CT molecular complexity index is 632. The molecule has 0 aromatic carbocycles. The number of fused-ring (bicyclic) bond motifs is 2. The van der Waals surface area contributed by atoms with Gasteiger partial charge in [0, 0.05) is 12.7 Å². The largest absolute Gasteiger partial charge is 0.491 e. The van der Waals surface area contributed by atoms with Crippen molar-refractivity contribution in [1.82, 2.24) is 9.88 Å². The van der Waals surface area contributed by atoms with Crippen LogP contribution < -0.4 is 15.5 Å². The summed E-state index contributed by atoms with van der Waals surface area (Å²) in [5, 5.41) is 3.50. The molecule has 1 aromatic rings. The summed E-state index contributed by atoms with van der Waals surface area (Å²) < 4.78 is 7.86. The number of hydrogen-bond acceptors (Lipinski definition) is 5. The second-order valence-corrected chi connectivity index (χ2v) is 6.36. The first kappa shape index (κ1) is 12.8. The first-order valence-corrected chi connectivity index (χ1v) is 7.51. The Morgan fingerprint density at radius 1 is 1.60 bits per heavy atom. The highest BCUT2D eigenvalue weighted by Crippen LogP contribution is 2.53. The average Bonchev–Trinajstić information content (AvgIpc) is 2.43. The SMILES string of the molecule is COc1c2n(cc(Br)c1=O)CC1NCCCC13OOC23. The van der Waals surface area contributed by atoms with Crippen molar-refractivity contribution < 1.29 is 14.5 Å². The second-order valence-electron chi connectivity index (χ2n) is 5.50. The molecule has 3 unspecified atom stereocenters. The van der Waals surface area contributed by atoms with Crippen molar-refractivity contribution in [1.29, 1.82) is 0 Å². The maximum Gasteiger partial charge on any atom is 0.237 e. The van der Waals surface area contributed by atoms with E-state index in [0.717, 1.165) is 31.6 Å². The van der Waals surface area contributed by atoms with E-state index in [-0.39, 0.29) is 23.2 Å². The number of aromatic nitrogens is 1. The van der Waals surface area contributed by atoms with Gasteiger partial charge < -0.3 is 14.6 Å². The summed E-state index contributed by atoms with van der Waals surface area (Å²) in [5.74, 6) is 0.344. The number of nitrogens with one attached hydrogen (secondary N) is 1. The fraction of sp³-hybridized carbons (Fsp3) is 0.615. The highest BCUT2D eigenvalue weighted by molar-refractivity contribution is 9.10. The summed E-state index contributed by atoms with van der Waals surface area (Å²) in [6.07, 6.45) is 3.54. The molecule has 0 radical (unpaired) electrons. The molecule has 20 heavy (non-hydrogen) atoms. The molecule has 2 saturated heterocycles. The zero-order chi connectivity index (χ0) is 13.9. The Kier molecular flexibility index (Phi) is 2.76. The average molecular weight is 343 g/mol. The molecule has 0 aliphatic carbocycles. The number of rotatable bonds is 1. The number of hydrogen-bond donors (Lipinski definition) is 1. The molecule has 1 aromatic heterocycles. The Morgan fingerprint density at radius 2 is 2.45 bits per heavy atom. The minimum Gasteiger partial charge on any atom is -0.491 e. The first-order chi connectivity index (χ1) is 9.67. The first-order valence-electron chi connectivity index (χ1n) is 6.72. The van der Waals surface area contributed by atoms with Gasteiger partial charge in [-0.1, -0.05) is 0 Å². The fourth-order valence-corrected chi connectivity index (χ4v) is 3.98. The standard InChI is InChI=1S/C13H15BrN2O4/c1-18-11-9-12-13(20-19-12)3-2-4-15-8(13)6-16(9)5-7(14)10(11)17/h5,8,12,15H,2-4,6H2,1H3. The third kappa shape index (κ3) is 1.46. The van der Waals surface area contributed by atoms with Crippen LogP contribution in [0.4, 0.5) is 0 Å². The summed E-state index contributed by atoms with van der Waals surface area (Å²) in [7, 11) is 1.52. The number of ether oxygens (including phenoxy) is 1. The van der Waals surface area contributed by atoms with E-state index in [0.29, 0.717) is 10.2 Å². The summed E-state index contributed by atoms with van der Waals surface area (Å²) in [5.41, 5.74) is 0.282. The highest BCUT2D eigenvalue weighted by Gasteiger charge is 2.62. The second kappa shape index (κ2) is 4.30. The van der Waals surface area contributed by atoms with Gasteiger partial charge in [0.1, 0.15) is 5.69 Å². The van der Waals surface area contributed by atoms with Crippen molar-refractivity contribution in [2.45, 2.75) is 37.1 Å². The molecule has 1 N–H and O–H groups in total. The molecule has 0 bridgehead atoms. The molecule has 3 atom stereocenters. The Labute approximate surface area is 124 Å². The van der Waals surface area contributed by atoms with Crippen LogP contribution in [0.25, 0.3) is 0 Å². The van der Waals surface area contributed by atoms with Crippen LogP contribution in [0.3, 0.4) is 0 Å². The van der Waals surface area contributed by atoms with Crippen molar-refractivity contribution in [3.63, 3.8) is 0 Å². The smallest absolute Gasteiger partial charge is 0.237 e. The summed E-state index contributed by atoms with van der Waals surface area (Å²) in [6.45, 7) is 1.72. The summed E-state index contributed by atoms with van der Waals surface area (Å²) in [4.78, 5) is 23.1. The predicted octanol–water partition coefficient (Wildman–Crippen LogP) is 1.13. The van der Waals surface area contributed by atoms with Crippen molar-refractivity contribution in [3.8, 4) is 5.75 Å². The Balaban J connectivity index is 1.92. The number of methoxy groups -OCH3 is 1. The lowest BCUT2D eigenvalue weighted by atomic mass is 9.75. The van der Waals surface area contributed by atoms with Crippen LogP contribution in [0.5, 0.6) is 5.75 Å². The van der Waals surface area contributed by atoms with Crippen molar-refractivity contribution in [2.75, 3.05) is 13.7 Å². The maximum absolute atomic E-state index is 12.2. The van der Waals surface area contributed by atoms with Crippen LogP contribution in [0.1, 0.15) is 24.6 Å². The van der Waals surface area contributed by atoms with E-state index in [9.17, 15) is 4.79 Å². The highest BCUT2D eigenvalue weighted by atomic mass is 79.9. The number of halogens is 1. The minimum atomic E-state index is -0.355. The van der Waals surface area contributed by atoms with E-state index in [4.69, 9.17) is 14.5 Å². The minimum absolute atomic E-state index is 0.147. The summed E-state index contributed by atoms with van der Waals surface area (Å²) >= 11 is 3.30. The molecule has 3 aliphatic heterocycles. The maximum atomic E-state index is 12.2. The van der Waals surface area contributed by atoms with Gasteiger partial charge in [-0.25, -0.2) is 9.78 Å².